The predicted molar refractivity (Wildman–Crippen MR) is 145 cm³/mol. The first-order valence-electron chi connectivity index (χ1n) is 10.5. The van der Waals surface area contributed by atoms with Gasteiger partial charge in [-0.05, 0) is 31.5 Å². The number of rotatable bonds is 8. The van der Waals surface area contributed by atoms with E-state index in [9.17, 15) is 0 Å². The standard InChI is InChI=1S/C22H33N5OS2.HI/c1-5-23-22(26(3)15-19-16-30-21(25-19)17(2)28-4)24-14-18-6-8-20(9-7-18)27-10-12-29-13-11-27;/h6-9,16-17H,5,10-15H2,1-4H3,(H,23,24);1H. The lowest BCUT2D eigenvalue weighted by Crippen LogP contribution is -2.38. The molecular formula is C22H34IN5OS2. The van der Waals surface area contributed by atoms with E-state index in [1.807, 2.05) is 18.7 Å². The van der Waals surface area contributed by atoms with Crippen LogP contribution in [0.3, 0.4) is 0 Å². The van der Waals surface area contributed by atoms with Gasteiger partial charge in [-0.1, -0.05) is 12.1 Å². The third-order valence-electron chi connectivity index (χ3n) is 5.09. The van der Waals surface area contributed by atoms with E-state index in [-0.39, 0.29) is 30.1 Å². The molecule has 1 aliphatic heterocycles. The highest BCUT2D eigenvalue weighted by atomic mass is 127. The number of nitrogens with one attached hydrogen (secondary N) is 1. The molecule has 0 amide bonds. The van der Waals surface area contributed by atoms with Gasteiger partial charge in [-0.25, -0.2) is 9.98 Å². The summed E-state index contributed by atoms with van der Waals surface area (Å²) in [5, 5.41) is 6.50. The van der Waals surface area contributed by atoms with Gasteiger partial charge in [0.1, 0.15) is 11.1 Å². The minimum atomic E-state index is 0. The number of guanidine groups is 1. The van der Waals surface area contributed by atoms with Crippen LogP contribution in [0.1, 0.15) is 36.2 Å². The third-order valence-corrected chi connectivity index (χ3v) is 7.09. The fourth-order valence-electron chi connectivity index (χ4n) is 3.27. The van der Waals surface area contributed by atoms with E-state index in [2.05, 4.69) is 58.7 Å². The van der Waals surface area contributed by atoms with Crippen molar-refractivity contribution < 1.29 is 4.74 Å². The first kappa shape index (κ1) is 26.2. The van der Waals surface area contributed by atoms with E-state index in [4.69, 9.17) is 14.7 Å². The summed E-state index contributed by atoms with van der Waals surface area (Å²) in [4.78, 5) is 14.1. The molecule has 1 fully saturated rings. The highest BCUT2D eigenvalue weighted by Crippen LogP contribution is 2.22. The van der Waals surface area contributed by atoms with Crippen molar-refractivity contribution in [3.05, 3.63) is 45.9 Å². The number of methoxy groups -OCH3 is 1. The van der Waals surface area contributed by atoms with Gasteiger partial charge < -0.3 is 19.9 Å². The molecule has 1 aromatic carbocycles. The molecule has 172 valence electrons. The van der Waals surface area contributed by atoms with E-state index in [0.717, 1.165) is 36.3 Å². The molecule has 0 saturated carbocycles. The lowest BCUT2D eigenvalue weighted by atomic mass is 10.2. The molecule has 1 unspecified atom stereocenters. The van der Waals surface area contributed by atoms with Crippen LogP contribution in [-0.4, -0.2) is 61.1 Å². The molecule has 0 spiro atoms. The Kier molecular flexibility index (Phi) is 11.4. The van der Waals surface area contributed by atoms with Crippen LogP contribution in [-0.2, 0) is 17.8 Å². The summed E-state index contributed by atoms with van der Waals surface area (Å²) in [6.45, 7) is 8.59. The van der Waals surface area contributed by atoms with Gasteiger partial charge in [0, 0.05) is 56.4 Å². The van der Waals surface area contributed by atoms with Crippen molar-refractivity contribution in [2.24, 2.45) is 4.99 Å². The van der Waals surface area contributed by atoms with E-state index in [0.29, 0.717) is 13.1 Å². The largest absolute Gasteiger partial charge is 0.375 e. The van der Waals surface area contributed by atoms with Crippen molar-refractivity contribution in [1.29, 1.82) is 0 Å². The van der Waals surface area contributed by atoms with Gasteiger partial charge >= 0.3 is 0 Å². The normalized spacial score (nSPS) is 15.4. The molecule has 1 N–H and O–H groups in total. The fraction of sp³-hybridized carbons (Fsp3) is 0.545. The minimum Gasteiger partial charge on any atom is -0.375 e. The van der Waals surface area contributed by atoms with Gasteiger partial charge in [0.15, 0.2) is 5.96 Å². The number of thioether (sulfide) groups is 1. The second-order valence-electron chi connectivity index (χ2n) is 7.35. The molecule has 1 aliphatic rings. The maximum absolute atomic E-state index is 5.37. The summed E-state index contributed by atoms with van der Waals surface area (Å²) >= 11 is 3.68. The fourth-order valence-corrected chi connectivity index (χ4v) is 5.02. The molecule has 0 aliphatic carbocycles. The second kappa shape index (κ2) is 13.5. The first-order chi connectivity index (χ1) is 14.6. The number of hydrogen-bond acceptors (Lipinski definition) is 6. The van der Waals surface area contributed by atoms with Crippen LogP contribution in [0.2, 0.25) is 0 Å². The van der Waals surface area contributed by atoms with Crippen LogP contribution in [0, 0.1) is 0 Å². The monoisotopic (exact) mass is 575 g/mol. The summed E-state index contributed by atoms with van der Waals surface area (Å²) in [7, 11) is 3.77. The quantitative estimate of drug-likeness (QED) is 0.282. The molecule has 1 aromatic heterocycles. The van der Waals surface area contributed by atoms with Crippen LogP contribution in [0.4, 0.5) is 5.69 Å². The zero-order valence-corrected chi connectivity index (χ0v) is 22.8. The molecule has 0 bridgehead atoms. The highest BCUT2D eigenvalue weighted by molar-refractivity contribution is 14.0. The summed E-state index contributed by atoms with van der Waals surface area (Å²) < 4.78 is 5.37. The number of hydrogen-bond donors (Lipinski definition) is 1. The Morgan fingerprint density at radius 1 is 1.29 bits per heavy atom. The van der Waals surface area contributed by atoms with E-state index >= 15 is 0 Å². The van der Waals surface area contributed by atoms with Crippen molar-refractivity contribution in [3.8, 4) is 0 Å². The number of anilines is 1. The predicted octanol–water partition coefficient (Wildman–Crippen LogP) is 4.62. The van der Waals surface area contributed by atoms with E-state index < -0.39 is 0 Å². The van der Waals surface area contributed by atoms with Crippen LogP contribution in [0.5, 0.6) is 0 Å². The molecule has 2 heterocycles. The lowest BCUT2D eigenvalue weighted by Gasteiger charge is -2.28. The number of halogens is 1. The summed E-state index contributed by atoms with van der Waals surface area (Å²) in [6.07, 6.45) is 0.0302. The topological polar surface area (TPSA) is 53.0 Å². The maximum Gasteiger partial charge on any atom is 0.194 e. The molecule has 1 saturated heterocycles. The number of thiazole rings is 1. The molecule has 9 heteroatoms. The smallest absolute Gasteiger partial charge is 0.194 e. The van der Waals surface area contributed by atoms with Crippen LogP contribution in [0.25, 0.3) is 0 Å². The Bertz CT molecular complexity index is 808. The van der Waals surface area contributed by atoms with Gasteiger partial charge in [-0.15, -0.1) is 35.3 Å². The summed E-state index contributed by atoms with van der Waals surface area (Å²) in [5.41, 5.74) is 3.58. The SMILES string of the molecule is CCNC(=NCc1ccc(N2CCSCC2)cc1)N(C)Cc1csc(C(C)OC)n1.I. The molecule has 2 aromatic rings. The highest BCUT2D eigenvalue weighted by Gasteiger charge is 2.13. The number of aromatic nitrogens is 1. The average molecular weight is 576 g/mol. The van der Waals surface area contributed by atoms with Crippen LogP contribution in [0.15, 0.2) is 34.6 Å². The molecule has 1 atom stereocenters. The van der Waals surface area contributed by atoms with Gasteiger partial charge in [-0.3, -0.25) is 0 Å². The Morgan fingerprint density at radius 3 is 2.65 bits per heavy atom. The van der Waals surface area contributed by atoms with Crippen molar-refractivity contribution in [1.82, 2.24) is 15.2 Å². The third kappa shape index (κ3) is 7.80. The van der Waals surface area contributed by atoms with Crippen molar-refractivity contribution in [2.75, 3.05) is 50.2 Å². The molecule has 3 rings (SSSR count). The zero-order valence-electron chi connectivity index (χ0n) is 18.8. The van der Waals surface area contributed by atoms with Crippen molar-refractivity contribution in [3.63, 3.8) is 0 Å². The van der Waals surface area contributed by atoms with E-state index in [1.165, 1.54) is 22.8 Å². The average Bonchev–Trinajstić information content (AvgIpc) is 3.25. The molecular weight excluding hydrogens is 541 g/mol. The number of ether oxygens (including phenoxy) is 1. The lowest BCUT2D eigenvalue weighted by molar-refractivity contribution is 0.119. The first-order valence-corrected chi connectivity index (χ1v) is 12.5. The number of aliphatic imine (C=N–C) groups is 1. The number of nitrogens with zero attached hydrogens (tertiary/aromatic N) is 4. The molecule has 6 nitrogen and oxygen atoms in total. The summed E-state index contributed by atoms with van der Waals surface area (Å²) in [6, 6.07) is 8.85. The van der Waals surface area contributed by atoms with E-state index in [1.54, 1.807) is 18.4 Å². The van der Waals surface area contributed by atoms with Crippen LogP contribution >= 0.6 is 47.1 Å². The van der Waals surface area contributed by atoms with Gasteiger partial charge in [-0.2, -0.15) is 11.8 Å². The second-order valence-corrected chi connectivity index (χ2v) is 9.46. The van der Waals surface area contributed by atoms with Crippen molar-refractivity contribution >= 4 is 58.7 Å². The minimum absolute atomic E-state index is 0. The summed E-state index contributed by atoms with van der Waals surface area (Å²) in [5.74, 6) is 3.33. The Hall–Kier alpha value is -1.04. The Balaban J connectivity index is 0.00000341. The van der Waals surface area contributed by atoms with Crippen LogP contribution < -0.4 is 10.2 Å². The molecule has 31 heavy (non-hydrogen) atoms. The van der Waals surface area contributed by atoms with Gasteiger partial charge in [0.05, 0.1) is 18.8 Å². The van der Waals surface area contributed by atoms with Crippen molar-refractivity contribution in [2.45, 2.75) is 33.0 Å². The zero-order chi connectivity index (χ0) is 21.3. The molecule has 0 radical (unpaired) electrons. The number of benzene rings is 1. The van der Waals surface area contributed by atoms with Gasteiger partial charge in [0.2, 0.25) is 0 Å². The maximum atomic E-state index is 5.37. The Labute approximate surface area is 211 Å². The van der Waals surface area contributed by atoms with Gasteiger partial charge in [0.25, 0.3) is 0 Å². The Morgan fingerprint density at radius 2 is 2.00 bits per heavy atom.